The van der Waals surface area contributed by atoms with Crippen molar-refractivity contribution in [3.05, 3.63) is 54.0 Å². The second kappa shape index (κ2) is 8.73. The highest BCUT2D eigenvalue weighted by atomic mass is 16.3. The number of nitrogens with zero attached hydrogens (tertiary/aromatic N) is 2. The van der Waals surface area contributed by atoms with E-state index in [1.54, 1.807) is 46.2 Å². The van der Waals surface area contributed by atoms with Crippen molar-refractivity contribution in [2.45, 2.75) is 32.7 Å². The quantitative estimate of drug-likeness (QED) is 0.831. The molecule has 0 radical (unpaired) electrons. The van der Waals surface area contributed by atoms with E-state index in [4.69, 9.17) is 4.42 Å². The summed E-state index contributed by atoms with van der Waals surface area (Å²) in [5.41, 5.74) is 1.07. The Bertz CT molecular complexity index is 843. The molecule has 2 heterocycles. The molecule has 1 N–H and O–H groups in total. The van der Waals surface area contributed by atoms with E-state index in [0.29, 0.717) is 37.3 Å². The van der Waals surface area contributed by atoms with Crippen molar-refractivity contribution < 1.29 is 18.8 Å². The Labute approximate surface area is 164 Å². The van der Waals surface area contributed by atoms with Crippen LogP contribution < -0.4 is 5.32 Å². The lowest BCUT2D eigenvalue weighted by molar-refractivity contribution is -0.119. The first-order valence-electron chi connectivity index (χ1n) is 9.59. The number of rotatable bonds is 6. The van der Waals surface area contributed by atoms with Gasteiger partial charge >= 0.3 is 0 Å². The maximum atomic E-state index is 12.8. The molecule has 1 aliphatic rings. The molecule has 1 aromatic heterocycles. The topological polar surface area (TPSA) is 82.9 Å². The van der Waals surface area contributed by atoms with Gasteiger partial charge in [0.2, 0.25) is 5.91 Å². The maximum Gasteiger partial charge on any atom is 0.290 e. The van der Waals surface area contributed by atoms with Crippen LogP contribution in [0.3, 0.4) is 0 Å². The molecular formula is C21H25N3O4. The van der Waals surface area contributed by atoms with Gasteiger partial charge in [0, 0.05) is 30.9 Å². The number of hydrogen-bond acceptors (Lipinski definition) is 4. The number of hydrogen-bond donors (Lipinski definition) is 1. The summed E-state index contributed by atoms with van der Waals surface area (Å²) in [5, 5.41) is 2.85. The molecular weight excluding hydrogens is 358 g/mol. The summed E-state index contributed by atoms with van der Waals surface area (Å²) in [6, 6.07) is 9.58. The van der Waals surface area contributed by atoms with Crippen LogP contribution in [0.1, 0.15) is 47.6 Å². The maximum absolute atomic E-state index is 12.8. The van der Waals surface area contributed by atoms with Crippen LogP contribution in [0.15, 0.2) is 47.1 Å². The van der Waals surface area contributed by atoms with E-state index in [9.17, 15) is 14.4 Å². The first kappa shape index (κ1) is 19.7. The molecule has 1 aliphatic heterocycles. The molecule has 1 unspecified atom stereocenters. The van der Waals surface area contributed by atoms with Crippen LogP contribution in [0.5, 0.6) is 0 Å². The van der Waals surface area contributed by atoms with Crippen molar-refractivity contribution in [1.82, 2.24) is 9.80 Å². The molecule has 1 fully saturated rings. The summed E-state index contributed by atoms with van der Waals surface area (Å²) in [4.78, 5) is 41.1. The second-order valence-electron chi connectivity index (χ2n) is 6.68. The Morgan fingerprint density at radius 2 is 1.96 bits per heavy atom. The predicted molar refractivity (Wildman–Crippen MR) is 105 cm³/mol. The minimum Gasteiger partial charge on any atom is -0.459 e. The third-order valence-corrected chi connectivity index (χ3v) is 4.98. The third kappa shape index (κ3) is 4.08. The molecule has 148 valence electrons. The molecule has 0 bridgehead atoms. The number of carbonyl (C=O) groups is 3. The summed E-state index contributed by atoms with van der Waals surface area (Å²) in [6.45, 7) is 5.61. The molecule has 7 heteroatoms. The van der Waals surface area contributed by atoms with Gasteiger partial charge in [0.1, 0.15) is 6.04 Å². The highest BCUT2D eigenvalue weighted by molar-refractivity contribution is 6.01. The first-order valence-corrected chi connectivity index (χ1v) is 9.59. The normalized spacial score (nSPS) is 16.1. The minimum absolute atomic E-state index is 0.0726. The van der Waals surface area contributed by atoms with Crippen LogP contribution >= 0.6 is 0 Å². The van der Waals surface area contributed by atoms with E-state index in [1.165, 1.54) is 6.26 Å². The average molecular weight is 383 g/mol. The summed E-state index contributed by atoms with van der Waals surface area (Å²) < 4.78 is 5.17. The Morgan fingerprint density at radius 3 is 2.64 bits per heavy atom. The zero-order valence-corrected chi connectivity index (χ0v) is 16.2. The van der Waals surface area contributed by atoms with E-state index in [0.717, 1.165) is 6.42 Å². The van der Waals surface area contributed by atoms with E-state index < -0.39 is 6.04 Å². The Kier molecular flexibility index (Phi) is 6.13. The number of nitrogens with one attached hydrogen (secondary N) is 1. The summed E-state index contributed by atoms with van der Waals surface area (Å²) >= 11 is 0. The van der Waals surface area contributed by atoms with E-state index in [1.807, 2.05) is 13.8 Å². The Balaban J connectivity index is 1.71. The summed E-state index contributed by atoms with van der Waals surface area (Å²) in [7, 11) is 0. The van der Waals surface area contributed by atoms with Gasteiger partial charge in [-0.3, -0.25) is 14.4 Å². The molecule has 0 saturated carbocycles. The van der Waals surface area contributed by atoms with E-state index >= 15 is 0 Å². The molecule has 1 aromatic carbocycles. The van der Waals surface area contributed by atoms with Gasteiger partial charge in [0.05, 0.1) is 6.26 Å². The van der Waals surface area contributed by atoms with Gasteiger partial charge in [-0.05, 0) is 57.0 Å². The van der Waals surface area contributed by atoms with Crippen molar-refractivity contribution in [1.29, 1.82) is 0 Å². The van der Waals surface area contributed by atoms with Crippen LogP contribution in [0, 0.1) is 0 Å². The highest BCUT2D eigenvalue weighted by Crippen LogP contribution is 2.22. The van der Waals surface area contributed by atoms with Crippen LogP contribution in [0.25, 0.3) is 0 Å². The lowest BCUT2D eigenvalue weighted by Crippen LogP contribution is -2.43. The van der Waals surface area contributed by atoms with Crippen LogP contribution in [0.2, 0.25) is 0 Å². The molecule has 1 atom stereocenters. The monoisotopic (exact) mass is 383 g/mol. The van der Waals surface area contributed by atoms with Crippen molar-refractivity contribution in [2.24, 2.45) is 0 Å². The Hall–Kier alpha value is -3.09. The summed E-state index contributed by atoms with van der Waals surface area (Å²) in [5.74, 6) is -0.388. The molecule has 7 nitrogen and oxygen atoms in total. The number of anilines is 1. The van der Waals surface area contributed by atoms with Crippen LogP contribution in [-0.4, -0.2) is 53.2 Å². The second-order valence-corrected chi connectivity index (χ2v) is 6.68. The van der Waals surface area contributed by atoms with Crippen LogP contribution in [0.4, 0.5) is 5.69 Å². The van der Waals surface area contributed by atoms with Crippen molar-refractivity contribution in [3.63, 3.8) is 0 Å². The van der Waals surface area contributed by atoms with Crippen LogP contribution in [-0.2, 0) is 4.79 Å². The Morgan fingerprint density at radius 1 is 1.18 bits per heavy atom. The molecule has 2 aromatic rings. The zero-order chi connectivity index (χ0) is 20.1. The SMILES string of the molecule is CCN(CC)C(=O)c1cccc(NC(=O)C2CCCN2C(=O)c2ccco2)c1. The number of carbonyl (C=O) groups excluding carboxylic acids is 3. The van der Waals surface area contributed by atoms with Gasteiger partial charge in [0.25, 0.3) is 11.8 Å². The zero-order valence-electron chi connectivity index (χ0n) is 16.2. The van der Waals surface area contributed by atoms with Gasteiger partial charge in [-0.15, -0.1) is 0 Å². The number of furan rings is 1. The lowest BCUT2D eigenvalue weighted by Gasteiger charge is -2.23. The van der Waals surface area contributed by atoms with Gasteiger partial charge < -0.3 is 19.5 Å². The number of amides is 3. The number of benzene rings is 1. The molecule has 0 spiro atoms. The standard InChI is InChI=1S/C21H25N3O4/c1-3-23(4-2)20(26)15-8-5-9-16(14-15)22-19(25)17-10-6-12-24(17)21(27)18-11-7-13-28-18/h5,7-9,11,13-14,17H,3-4,6,10,12H2,1-2H3,(H,22,25). The predicted octanol–water partition coefficient (Wildman–Crippen LogP) is 3.00. The fraction of sp³-hybridized carbons (Fsp3) is 0.381. The molecule has 3 rings (SSSR count). The highest BCUT2D eigenvalue weighted by Gasteiger charge is 2.35. The largest absolute Gasteiger partial charge is 0.459 e. The van der Waals surface area contributed by atoms with Crippen molar-refractivity contribution in [2.75, 3.05) is 25.0 Å². The lowest BCUT2D eigenvalue weighted by atomic mass is 10.1. The molecule has 3 amide bonds. The van der Waals surface area contributed by atoms with Gasteiger partial charge in [0.15, 0.2) is 5.76 Å². The van der Waals surface area contributed by atoms with Gasteiger partial charge in [-0.2, -0.15) is 0 Å². The average Bonchev–Trinajstić information content (AvgIpc) is 3.40. The van der Waals surface area contributed by atoms with E-state index in [2.05, 4.69) is 5.32 Å². The molecule has 1 saturated heterocycles. The van der Waals surface area contributed by atoms with E-state index in [-0.39, 0.29) is 23.5 Å². The van der Waals surface area contributed by atoms with Gasteiger partial charge in [-0.25, -0.2) is 0 Å². The fourth-order valence-electron chi connectivity index (χ4n) is 3.47. The smallest absolute Gasteiger partial charge is 0.290 e. The number of likely N-dealkylation sites (tertiary alicyclic amines) is 1. The fourth-order valence-corrected chi connectivity index (χ4v) is 3.47. The minimum atomic E-state index is -0.556. The molecule has 0 aliphatic carbocycles. The van der Waals surface area contributed by atoms with Crippen molar-refractivity contribution in [3.8, 4) is 0 Å². The molecule has 28 heavy (non-hydrogen) atoms. The summed E-state index contributed by atoms with van der Waals surface area (Å²) in [6.07, 6.45) is 2.79. The third-order valence-electron chi connectivity index (χ3n) is 4.98. The van der Waals surface area contributed by atoms with Gasteiger partial charge in [-0.1, -0.05) is 6.07 Å². The van der Waals surface area contributed by atoms with Crippen molar-refractivity contribution >= 4 is 23.4 Å². The first-order chi connectivity index (χ1) is 13.5.